The summed E-state index contributed by atoms with van der Waals surface area (Å²) < 4.78 is 0. The fraction of sp³-hybridized carbons (Fsp3) is 0.588. The van der Waals surface area contributed by atoms with Crippen LogP contribution in [0.5, 0.6) is 0 Å². The van der Waals surface area contributed by atoms with Crippen molar-refractivity contribution in [2.24, 2.45) is 11.7 Å². The molecule has 0 spiro atoms. The summed E-state index contributed by atoms with van der Waals surface area (Å²) in [5, 5.41) is 0. The SMILES string of the molecule is CCC(CCN)CCC(=O)N1CCc2ccccc2C1. The molecule has 1 atom stereocenters. The van der Waals surface area contributed by atoms with Gasteiger partial charge in [0.05, 0.1) is 0 Å². The summed E-state index contributed by atoms with van der Waals surface area (Å²) in [4.78, 5) is 14.3. The van der Waals surface area contributed by atoms with Gasteiger partial charge in [-0.25, -0.2) is 0 Å². The second-order valence-corrected chi connectivity index (χ2v) is 5.72. The third-order valence-electron chi connectivity index (χ3n) is 4.40. The highest BCUT2D eigenvalue weighted by molar-refractivity contribution is 5.76. The van der Waals surface area contributed by atoms with Gasteiger partial charge in [-0.2, -0.15) is 0 Å². The first-order valence-corrected chi connectivity index (χ1v) is 7.79. The highest BCUT2D eigenvalue weighted by Crippen LogP contribution is 2.21. The second kappa shape index (κ2) is 7.44. The minimum atomic E-state index is 0.301. The molecule has 0 radical (unpaired) electrons. The number of carbonyl (C=O) groups is 1. The van der Waals surface area contributed by atoms with Crippen molar-refractivity contribution in [3.63, 3.8) is 0 Å². The van der Waals surface area contributed by atoms with E-state index in [-0.39, 0.29) is 0 Å². The third kappa shape index (κ3) is 3.83. The van der Waals surface area contributed by atoms with Gasteiger partial charge in [0.2, 0.25) is 5.91 Å². The number of rotatable bonds is 6. The lowest BCUT2D eigenvalue weighted by Gasteiger charge is -2.29. The number of benzene rings is 1. The Morgan fingerprint density at radius 3 is 2.75 bits per heavy atom. The molecule has 110 valence electrons. The van der Waals surface area contributed by atoms with E-state index < -0.39 is 0 Å². The first-order valence-electron chi connectivity index (χ1n) is 7.79. The molecule has 1 aliphatic rings. The van der Waals surface area contributed by atoms with Crippen LogP contribution in [0.15, 0.2) is 24.3 Å². The zero-order valence-corrected chi connectivity index (χ0v) is 12.5. The van der Waals surface area contributed by atoms with E-state index in [1.54, 1.807) is 0 Å². The molecule has 0 bridgehead atoms. The number of amides is 1. The van der Waals surface area contributed by atoms with E-state index in [2.05, 4.69) is 31.2 Å². The molecule has 1 unspecified atom stereocenters. The normalized spacial score (nSPS) is 15.8. The Balaban J connectivity index is 1.85. The summed E-state index contributed by atoms with van der Waals surface area (Å²) in [5.41, 5.74) is 8.31. The predicted octanol–water partition coefficient (Wildman–Crippen LogP) is 2.73. The fourth-order valence-electron chi connectivity index (χ4n) is 2.98. The standard InChI is InChI=1S/C17H26N2O/c1-2-14(9-11-18)7-8-17(20)19-12-10-15-5-3-4-6-16(15)13-19/h3-6,14H,2,7-13,18H2,1H3. The molecule has 1 heterocycles. The second-order valence-electron chi connectivity index (χ2n) is 5.72. The third-order valence-corrected chi connectivity index (χ3v) is 4.40. The van der Waals surface area contributed by atoms with Crippen molar-refractivity contribution in [2.75, 3.05) is 13.1 Å². The molecule has 1 aliphatic heterocycles. The van der Waals surface area contributed by atoms with E-state index in [1.165, 1.54) is 11.1 Å². The van der Waals surface area contributed by atoms with E-state index in [0.29, 0.717) is 18.2 Å². The Morgan fingerprint density at radius 1 is 1.30 bits per heavy atom. The highest BCUT2D eigenvalue weighted by atomic mass is 16.2. The first kappa shape index (κ1) is 15.0. The van der Waals surface area contributed by atoms with Crippen LogP contribution < -0.4 is 5.73 Å². The van der Waals surface area contributed by atoms with Gasteiger partial charge in [0.25, 0.3) is 0 Å². The minimum Gasteiger partial charge on any atom is -0.338 e. The number of nitrogens with two attached hydrogens (primary N) is 1. The zero-order chi connectivity index (χ0) is 14.4. The molecule has 3 heteroatoms. The number of fused-ring (bicyclic) bond motifs is 1. The van der Waals surface area contributed by atoms with Gasteiger partial charge >= 0.3 is 0 Å². The number of hydrogen-bond acceptors (Lipinski definition) is 2. The van der Waals surface area contributed by atoms with E-state index in [1.807, 2.05) is 4.90 Å². The zero-order valence-electron chi connectivity index (χ0n) is 12.5. The summed E-state index contributed by atoms with van der Waals surface area (Å²) in [7, 11) is 0. The van der Waals surface area contributed by atoms with Crippen molar-refractivity contribution in [1.82, 2.24) is 4.90 Å². The molecule has 1 aromatic carbocycles. The van der Waals surface area contributed by atoms with Crippen molar-refractivity contribution in [3.8, 4) is 0 Å². The van der Waals surface area contributed by atoms with Crippen molar-refractivity contribution >= 4 is 5.91 Å². The lowest BCUT2D eigenvalue weighted by molar-refractivity contribution is -0.132. The van der Waals surface area contributed by atoms with E-state index >= 15 is 0 Å². The van der Waals surface area contributed by atoms with Crippen molar-refractivity contribution in [2.45, 2.75) is 45.6 Å². The number of hydrogen-bond donors (Lipinski definition) is 1. The largest absolute Gasteiger partial charge is 0.338 e. The Bertz CT molecular complexity index is 444. The van der Waals surface area contributed by atoms with Crippen LogP contribution >= 0.6 is 0 Å². The maximum Gasteiger partial charge on any atom is 0.222 e. The van der Waals surface area contributed by atoms with Gasteiger partial charge in [0, 0.05) is 19.5 Å². The predicted molar refractivity (Wildman–Crippen MR) is 82.2 cm³/mol. The van der Waals surface area contributed by atoms with Crippen molar-refractivity contribution in [3.05, 3.63) is 35.4 Å². The Hall–Kier alpha value is -1.35. The quantitative estimate of drug-likeness (QED) is 0.867. The molecule has 0 aromatic heterocycles. The molecule has 0 aliphatic carbocycles. The minimum absolute atomic E-state index is 0.301. The molecular weight excluding hydrogens is 248 g/mol. The smallest absolute Gasteiger partial charge is 0.222 e. The Kier molecular flexibility index (Phi) is 5.60. The molecular formula is C17H26N2O. The number of carbonyl (C=O) groups excluding carboxylic acids is 1. The maximum absolute atomic E-state index is 12.3. The average molecular weight is 274 g/mol. The van der Waals surface area contributed by atoms with Crippen LogP contribution in [0, 0.1) is 5.92 Å². The van der Waals surface area contributed by atoms with Gasteiger partial charge in [-0.05, 0) is 42.9 Å². The van der Waals surface area contributed by atoms with Crippen molar-refractivity contribution < 1.29 is 4.79 Å². The van der Waals surface area contributed by atoms with E-state index in [0.717, 1.165) is 45.3 Å². The fourth-order valence-corrected chi connectivity index (χ4v) is 2.98. The number of nitrogens with zero attached hydrogens (tertiary/aromatic N) is 1. The molecule has 2 N–H and O–H groups in total. The summed E-state index contributed by atoms with van der Waals surface area (Å²) >= 11 is 0. The monoisotopic (exact) mass is 274 g/mol. The summed E-state index contributed by atoms with van der Waals surface area (Å²) in [6.45, 7) is 4.55. The van der Waals surface area contributed by atoms with Crippen LogP contribution in [0.25, 0.3) is 0 Å². The molecule has 20 heavy (non-hydrogen) atoms. The van der Waals surface area contributed by atoms with E-state index in [9.17, 15) is 4.79 Å². The molecule has 0 saturated heterocycles. The van der Waals surface area contributed by atoms with Crippen molar-refractivity contribution in [1.29, 1.82) is 0 Å². The Morgan fingerprint density at radius 2 is 2.05 bits per heavy atom. The topological polar surface area (TPSA) is 46.3 Å². The summed E-state index contributed by atoms with van der Waals surface area (Å²) in [5.74, 6) is 0.899. The van der Waals surface area contributed by atoms with Crippen LogP contribution in [0.4, 0.5) is 0 Å². The van der Waals surface area contributed by atoms with Gasteiger partial charge in [0.15, 0.2) is 0 Å². The molecule has 1 amide bonds. The summed E-state index contributed by atoms with van der Waals surface area (Å²) in [6.07, 6.45) is 4.78. The average Bonchev–Trinajstić information content (AvgIpc) is 2.50. The van der Waals surface area contributed by atoms with Gasteiger partial charge in [-0.1, -0.05) is 37.6 Å². The molecule has 0 fully saturated rings. The van der Waals surface area contributed by atoms with E-state index in [4.69, 9.17) is 5.73 Å². The van der Waals surface area contributed by atoms with Crippen LogP contribution in [0.2, 0.25) is 0 Å². The maximum atomic E-state index is 12.3. The van der Waals surface area contributed by atoms with Crippen LogP contribution in [-0.2, 0) is 17.8 Å². The van der Waals surface area contributed by atoms with Gasteiger partial charge in [-0.15, -0.1) is 0 Å². The first-order chi connectivity index (χ1) is 9.74. The molecule has 3 nitrogen and oxygen atoms in total. The molecule has 0 saturated carbocycles. The molecule has 1 aromatic rings. The van der Waals surface area contributed by atoms with Gasteiger partial charge < -0.3 is 10.6 Å². The molecule has 2 rings (SSSR count). The lowest BCUT2D eigenvalue weighted by atomic mass is 9.95. The lowest BCUT2D eigenvalue weighted by Crippen LogP contribution is -2.36. The van der Waals surface area contributed by atoms with Gasteiger partial charge in [-0.3, -0.25) is 4.79 Å². The van der Waals surface area contributed by atoms with Crippen LogP contribution in [-0.4, -0.2) is 23.9 Å². The Labute approximate surface area is 122 Å². The van der Waals surface area contributed by atoms with Crippen LogP contribution in [0.1, 0.15) is 43.7 Å². The van der Waals surface area contributed by atoms with Crippen LogP contribution in [0.3, 0.4) is 0 Å². The highest BCUT2D eigenvalue weighted by Gasteiger charge is 2.20. The van der Waals surface area contributed by atoms with Gasteiger partial charge in [0.1, 0.15) is 0 Å². The summed E-state index contributed by atoms with van der Waals surface area (Å²) in [6, 6.07) is 8.44.